The molecular formula is C13H17N3O2. The van der Waals surface area contributed by atoms with Crippen LogP contribution in [-0.2, 0) is 4.79 Å². The van der Waals surface area contributed by atoms with Gasteiger partial charge >= 0.3 is 5.97 Å². The van der Waals surface area contributed by atoms with E-state index >= 15 is 0 Å². The van der Waals surface area contributed by atoms with Crippen molar-refractivity contribution < 1.29 is 9.90 Å². The number of anilines is 1. The van der Waals surface area contributed by atoms with Gasteiger partial charge in [-0.15, -0.1) is 0 Å². The van der Waals surface area contributed by atoms with Gasteiger partial charge in [-0.2, -0.15) is 0 Å². The minimum absolute atomic E-state index is 0.281. The number of nitrogens with zero attached hydrogens (tertiary/aromatic N) is 3. The molecule has 5 heteroatoms. The van der Waals surface area contributed by atoms with Gasteiger partial charge in [0.1, 0.15) is 6.04 Å². The van der Waals surface area contributed by atoms with E-state index in [4.69, 9.17) is 0 Å². The summed E-state index contributed by atoms with van der Waals surface area (Å²) >= 11 is 0. The van der Waals surface area contributed by atoms with Gasteiger partial charge in [0.15, 0.2) is 5.82 Å². The molecular weight excluding hydrogens is 230 g/mol. The lowest BCUT2D eigenvalue weighted by Crippen LogP contribution is -2.40. The SMILES string of the molecule is Cc1nccnc1N1CC2CCCC2C1C(=O)O. The maximum absolute atomic E-state index is 11.5. The number of carboxylic acids is 1. The smallest absolute Gasteiger partial charge is 0.326 e. The van der Waals surface area contributed by atoms with E-state index in [1.54, 1.807) is 12.4 Å². The molecule has 3 unspecified atom stereocenters. The summed E-state index contributed by atoms with van der Waals surface area (Å²) < 4.78 is 0. The zero-order valence-corrected chi connectivity index (χ0v) is 10.4. The van der Waals surface area contributed by atoms with Crippen LogP contribution in [0.15, 0.2) is 12.4 Å². The first kappa shape index (κ1) is 11.4. The van der Waals surface area contributed by atoms with Gasteiger partial charge in [-0.25, -0.2) is 9.78 Å². The van der Waals surface area contributed by atoms with Crippen LogP contribution in [0.1, 0.15) is 25.0 Å². The molecule has 3 atom stereocenters. The van der Waals surface area contributed by atoms with Crippen LogP contribution >= 0.6 is 0 Å². The zero-order chi connectivity index (χ0) is 12.7. The number of carboxylic acid groups (broad SMARTS) is 1. The number of hydrogen-bond acceptors (Lipinski definition) is 4. The molecule has 1 aromatic rings. The van der Waals surface area contributed by atoms with E-state index < -0.39 is 12.0 Å². The summed E-state index contributed by atoms with van der Waals surface area (Å²) in [6, 6.07) is -0.423. The Hall–Kier alpha value is -1.65. The predicted octanol–water partition coefficient (Wildman–Crippen LogP) is 1.47. The highest BCUT2D eigenvalue weighted by atomic mass is 16.4. The van der Waals surface area contributed by atoms with Gasteiger partial charge in [-0.05, 0) is 31.6 Å². The predicted molar refractivity (Wildman–Crippen MR) is 66.4 cm³/mol. The third-order valence-corrected chi connectivity index (χ3v) is 4.27. The van der Waals surface area contributed by atoms with E-state index in [0.717, 1.165) is 37.3 Å². The first-order valence-electron chi connectivity index (χ1n) is 6.45. The van der Waals surface area contributed by atoms with Crippen molar-refractivity contribution in [2.75, 3.05) is 11.4 Å². The summed E-state index contributed by atoms with van der Waals surface area (Å²) in [6.07, 6.45) is 6.61. The molecule has 2 fully saturated rings. The number of fused-ring (bicyclic) bond motifs is 1. The number of rotatable bonds is 2. The van der Waals surface area contributed by atoms with Crippen LogP contribution in [0.4, 0.5) is 5.82 Å². The van der Waals surface area contributed by atoms with Crippen molar-refractivity contribution in [3.05, 3.63) is 18.1 Å². The van der Waals surface area contributed by atoms with Crippen LogP contribution in [0.2, 0.25) is 0 Å². The third-order valence-electron chi connectivity index (χ3n) is 4.27. The maximum Gasteiger partial charge on any atom is 0.326 e. The normalized spacial score (nSPS) is 30.5. The van der Waals surface area contributed by atoms with E-state index in [2.05, 4.69) is 9.97 Å². The van der Waals surface area contributed by atoms with Gasteiger partial charge in [-0.3, -0.25) is 4.98 Å². The van der Waals surface area contributed by atoms with E-state index in [1.165, 1.54) is 0 Å². The molecule has 0 spiro atoms. The average molecular weight is 247 g/mol. The summed E-state index contributed by atoms with van der Waals surface area (Å²) in [5.74, 6) is 0.796. The van der Waals surface area contributed by atoms with Gasteiger partial charge in [-0.1, -0.05) is 6.42 Å². The molecule has 1 N–H and O–H groups in total. The van der Waals surface area contributed by atoms with E-state index in [1.807, 2.05) is 11.8 Å². The van der Waals surface area contributed by atoms with Gasteiger partial charge in [0.05, 0.1) is 5.69 Å². The Morgan fingerprint density at radius 3 is 2.89 bits per heavy atom. The van der Waals surface area contributed by atoms with Crippen molar-refractivity contribution >= 4 is 11.8 Å². The van der Waals surface area contributed by atoms with Crippen LogP contribution < -0.4 is 4.90 Å². The Balaban J connectivity index is 1.97. The molecule has 96 valence electrons. The molecule has 1 saturated carbocycles. The number of carbonyl (C=O) groups is 1. The van der Waals surface area contributed by atoms with Crippen LogP contribution in [0, 0.1) is 18.8 Å². The van der Waals surface area contributed by atoms with Gasteiger partial charge in [0, 0.05) is 18.9 Å². The first-order chi connectivity index (χ1) is 8.68. The zero-order valence-electron chi connectivity index (χ0n) is 10.4. The highest BCUT2D eigenvalue weighted by Gasteiger charge is 2.48. The molecule has 3 rings (SSSR count). The molecule has 5 nitrogen and oxygen atoms in total. The van der Waals surface area contributed by atoms with Gasteiger partial charge in [0.2, 0.25) is 0 Å². The Labute approximate surface area is 106 Å². The van der Waals surface area contributed by atoms with Crippen molar-refractivity contribution in [3.63, 3.8) is 0 Å². The van der Waals surface area contributed by atoms with E-state index in [9.17, 15) is 9.90 Å². The monoisotopic (exact) mass is 247 g/mol. The molecule has 0 aromatic carbocycles. The largest absolute Gasteiger partial charge is 0.480 e. The second-order valence-electron chi connectivity index (χ2n) is 5.26. The Morgan fingerprint density at radius 2 is 2.17 bits per heavy atom. The molecule has 2 aliphatic rings. The highest BCUT2D eigenvalue weighted by molar-refractivity contribution is 5.79. The quantitative estimate of drug-likeness (QED) is 0.857. The van der Waals surface area contributed by atoms with Crippen LogP contribution in [0.3, 0.4) is 0 Å². The number of hydrogen-bond donors (Lipinski definition) is 1. The minimum Gasteiger partial charge on any atom is -0.480 e. The molecule has 18 heavy (non-hydrogen) atoms. The molecule has 1 aliphatic carbocycles. The topological polar surface area (TPSA) is 66.3 Å². The average Bonchev–Trinajstić information content (AvgIpc) is 2.88. The summed E-state index contributed by atoms with van der Waals surface area (Å²) in [5, 5.41) is 9.49. The van der Waals surface area contributed by atoms with Crippen molar-refractivity contribution in [1.82, 2.24) is 9.97 Å². The van der Waals surface area contributed by atoms with Crippen molar-refractivity contribution in [1.29, 1.82) is 0 Å². The first-order valence-corrected chi connectivity index (χ1v) is 6.45. The van der Waals surface area contributed by atoms with Gasteiger partial charge < -0.3 is 10.0 Å². The lowest BCUT2D eigenvalue weighted by atomic mass is 9.94. The number of aromatic nitrogens is 2. The lowest BCUT2D eigenvalue weighted by Gasteiger charge is -2.26. The Morgan fingerprint density at radius 1 is 1.39 bits per heavy atom. The fourth-order valence-electron chi connectivity index (χ4n) is 3.52. The van der Waals surface area contributed by atoms with E-state index in [0.29, 0.717) is 5.92 Å². The number of aryl methyl sites for hydroxylation is 1. The standard InChI is InChI=1S/C13H17N3O2/c1-8-12(15-6-5-14-8)16-7-9-3-2-4-10(9)11(16)13(17)18/h5-6,9-11H,2-4,7H2,1H3,(H,17,18). The van der Waals surface area contributed by atoms with Crippen LogP contribution in [0.5, 0.6) is 0 Å². The molecule has 0 bridgehead atoms. The number of aliphatic carboxylic acids is 1. The fraction of sp³-hybridized carbons (Fsp3) is 0.615. The lowest BCUT2D eigenvalue weighted by molar-refractivity contribution is -0.139. The molecule has 2 heterocycles. The highest BCUT2D eigenvalue weighted by Crippen LogP contribution is 2.43. The molecule has 0 radical (unpaired) electrons. The van der Waals surface area contributed by atoms with Crippen molar-refractivity contribution in [3.8, 4) is 0 Å². The van der Waals surface area contributed by atoms with Gasteiger partial charge in [0.25, 0.3) is 0 Å². The van der Waals surface area contributed by atoms with Crippen molar-refractivity contribution in [2.24, 2.45) is 11.8 Å². The Kier molecular flexibility index (Phi) is 2.69. The Bertz CT molecular complexity index is 477. The summed E-state index contributed by atoms with van der Waals surface area (Å²) in [7, 11) is 0. The fourth-order valence-corrected chi connectivity index (χ4v) is 3.52. The third kappa shape index (κ3) is 1.65. The summed E-state index contributed by atoms with van der Waals surface area (Å²) in [5.41, 5.74) is 0.809. The van der Waals surface area contributed by atoms with Crippen LogP contribution in [-0.4, -0.2) is 33.6 Å². The molecule has 1 aliphatic heterocycles. The van der Waals surface area contributed by atoms with E-state index in [-0.39, 0.29) is 5.92 Å². The van der Waals surface area contributed by atoms with Crippen molar-refractivity contribution in [2.45, 2.75) is 32.2 Å². The summed E-state index contributed by atoms with van der Waals surface area (Å²) in [6.45, 7) is 2.69. The maximum atomic E-state index is 11.5. The second-order valence-corrected chi connectivity index (χ2v) is 5.26. The molecule has 0 amide bonds. The minimum atomic E-state index is -0.727. The summed E-state index contributed by atoms with van der Waals surface area (Å²) in [4.78, 5) is 22.0. The molecule has 1 saturated heterocycles. The van der Waals surface area contributed by atoms with Crippen LogP contribution in [0.25, 0.3) is 0 Å². The second kappa shape index (κ2) is 4.23. The molecule has 1 aromatic heterocycles.